The first-order valence-corrected chi connectivity index (χ1v) is 11.7. The van der Waals surface area contributed by atoms with E-state index in [1.54, 1.807) is 6.20 Å². The number of benzene rings is 1. The number of pyridine rings is 1. The molecule has 1 aromatic heterocycles. The van der Waals surface area contributed by atoms with Gasteiger partial charge in [-0.1, -0.05) is 49.7 Å². The summed E-state index contributed by atoms with van der Waals surface area (Å²) in [5, 5.41) is 18.7. The number of nitrogens with zero attached hydrogens (tertiary/aromatic N) is 1. The predicted octanol–water partition coefficient (Wildman–Crippen LogP) is 4.85. The summed E-state index contributed by atoms with van der Waals surface area (Å²) in [4.78, 5) is 15.8. The molecule has 0 spiro atoms. The van der Waals surface area contributed by atoms with Crippen LogP contribution in [0.3, 0.4) is 0 Å². The Morgan fingerprint density at radius 3 is 2.91 bits per heavy atom. The third kappa shape index (κ3) is 5.61. The molecular formula is C25H34ClN3O3. The van der Waals surface area contributed by atoms with Gasteiger partial charge in [0, 0.05) is 30.8 Å². The van der Waals surface area contributed by atoms with Crippen molar-refractivity contribution in [2.45, 2.75) is 51.0 Å². The fourth-order valence-electron chi connectivity index (χ4n) is 4.56. The van der Waals surface area contributed by atoms with Crippen LogP contribution in [0.1, 0.15) is 56.6 Å². The highest BCUT2D eigenvalue weighted by atomic mass is 35.5. The fourth-order valence-corrected chi connectivity index (χ4v) is 4.83. The zero-order valence-electron chi connectivity index (χ0n) is 19.2. The maximum atomic E-state index is 12.2. The zero-order chi connectivity index (χ0) is 23.1. The highest BCUT2D eigenvalue weighted by Gasteiger charge is 2.41. The van der Waals surface area contributed by atoms with Gasteiger partial charge in [0.05, 0.1) is 12.7 Å². The van der Waals surface area contributed by atoms with Crippen LogP contribution in [-0.4, -0.2) is 42.9 Å². The van der Waals surface area contributed by atoms with Crippen LogP contribution in [0.15, 0.2) is 36.5 Å². The van der Waals surface area contributed by atoms with Gasteiger partial charge in [0.2, 0.25) is 0 Å². The van der Waals surface area contributed by atoms with Gasteiger partial charge in [0.1, 0.15) is 5.15 Å². The molecule has 0 radical (unpaired) electrons. The van der Waals surface area contributed by atoms with E-state index in [0.717, 1.165) is 42.6 Å². The number of ether oxygens (including phenoxy) is 1. The fraction of sp³-hybridized carbons (Fsp3) is 0.520. The van der Waals surface area contributed by atoms with Crippen LogP contribution in [0.5, 0.6) is 0 Å². The Morgan fingerprint density at radius 2 is 2.22 bits per heavy atom. The number of amides is 1. The second-order valence-corrected chi connectivity index (χ2v) is 9.15. The maximum absolute atomic E-state index is 12.2. The first-order valence-electron chi connectivity index (χ1n) is 11.4. The van der Waals surface area contributed by atoms with E-state index in [2.05, 4.69) is 46.3 Å². The molecule has 2 heterocycles. The van der Waals surface area contributed by atoms with Crippen molar-refractivity contribution in [3.8, 4) is 11.1 Å². The minimum absolute atomic E-state index is 0.0277. The molecule has 2 atom stereocenters. The van der Waals surface area contributed by atoms with Crippen molar-refractivity contribution in [3.63, 3.8) is 0 Å². The molecule has 1 aliphatic rings. The minimum Gasteiger partial charge on any atom is -0.453 e. The Hall–Kier alpha value is -2.15. The van der Waals surface area contributed by atoms with Crippen molar-refractivity contribution in [3.05, 3.63) is 52.8 Å². The molecule has 1 aromatic carbocycles. The number of carbonyl (C=O) groups is 1. The van der Waals surface area contributed by atoms with Crippen LogP contribution >= 0.6 is 11.6 Å². The second kappa shape index (κ2) is 11.1. The molecule has 2 unspecified atom stereocenters. The number of hydrogen-bond donors (Lipinski definition) is 3. The molecule has 174 valence electrons. The molecule has 7 heteroatoms. The number of halogens is 1. The first kappa shape index (κ1) is 24.5. The lowest BCUT2D eigenvalue weighted by Gasteiger charge is -2.40. The first-order chi connectivity index (χ1) is 15.4. The maximum Gasteiger partial charge on any atom is 0.406 e. The van der Waals surface area contributed by atoms with E-state index in [1.807, 2.05) is 18.2 Å². The molecule has 1 fully saturated rings. The third-order valence-electron chi connectivity index (χ3n) is 6.37. The van der Waals surface area contributed by atoms with Gasteiger partial charge in [-0.2, -0.15) is 0 Å². The molecule has 0 bridgehead atoms. The lowest BCUT2D eigenvalue weighted by molar-refractivity contribution is -0.0416. The van der Waals surface area contributed by atoms with Gasteiger partial charge in [-0.15, -0.1) is 0 Å². The number of hydrogen-bond acceptors (Lipinski definition) is 5. The van der Waals surface area contributed by atoms with Crippen molar-refractivity contribution >= 4 is 17.7 Å². The number of carbonyl (C=O) groups excluding carboxylic acids is 1. The Labute approximate surface area is 195 Å². The van der Waals surface area contributed by atoms with E-state index in [4.69, 9.17) is 11.6 Å². The number of methoxy groups -OCH3 is 1. The third-order valence-corrected chi connectivity index (χ3v) is 6.66. The molecule has 1 aliphatic heterocycles. The van der Waals surface area contributed by atoms with Crippen molar-refractivity contribution in [2.75, 3.05) is 26.7 Å². The number of piperidine rings is 1. The molecule has 6 nitrogen and oxygen atoms in total. The van der Waals surface area contributed by atoms with Gasteiger partial charge in [0.15, 0.2) is 0 Å². The van der Waals surface area contributed by atoms with Crippen molar-refractivity contribution < 1.29 is 14.6 Å². The van der Waals surface area contributed by atoms with Gasteiger partial charge < -0.3 is 20.5 Å². The summed E-state index contributed by atoms with van der Waals surface area (Å²) in [6.07, 6.45) is 4.21. The SMILES string of the molecule is COC(=O)NCCCC(O)(c1ccnc(Cl)c1-c1cccc(C(C)C)c1)C1CCCNC1. The quantitative estimate of drug-likeness (QED) is 0.388. The smallest absolute Gasteiger partial charge is 0.406 e. The molecule has 32 heavy (non-hydrogen) atoms. The van der Waals surface area contributed by atoms with Gasteiger partial charge in [-0.05, 0) is 60.9 Å². The van der Waals surface area contributed by atoms with Crippen LogP contribution in [-0.2, 0) is 10.3 Å². The number of nitrogens with one attached hydrogen (secondary N) is 2. The number of aromatic nitrogens is 1. The number of aliphatic hydroxyl groups is 1. The monoisotopic (exact) mass is 459 g/mol. The summed E-state index contributed by atoms with van der Waals surface area (Å²) >= 11 is 6.65. The standard InChI is InChI=1S/C25H34ClN3O3/c1-17(2)18-7-4-8-19(15-18)22-21(10-14-28-23(22)26)25(31,20-9-5-12-27-16-20)11-6-13-29-24(30)32-3/h4,7-8,10,14-15,17,20,27,31H,5-6,9,11-13,16H2,1-3H3,(H,29,30). The van der Waals surface area contributed by atoms with Gasteiger partial charge >= 0.3 is 6.09 Å². The van der Waals surface area contributed by atoms with Crippen LogP contribution in [0, 0.1) is 5.92 Å². The summed E-state index contributed by atoms with van der Waals surface area (Å²) in [6.45, 7) is 6.42. The summed E-state index contributed by atoms with van der Waals surface area (Å²) in [5.74, 6) is 0.402. The van der Waals surface area contributed by atoms with E-state index >= 15 is 0 Å². The summed E-state index contributed by atoms with van der Waals surface area (Å²) < 4.78 is 4.66. The van der Waals surface area contributed by atoms with E-state index in [-0.39, 0.29) is 5.92 Å². The van der Waals surface area contributed by atoms with E-state index in [1.165, 1.54) is 12.7 Å². The van der Waals surface area contributed by atoms with Crippen LogP contribution in [0.2, 0.25) is 5.15 Å². The van der Waals surface area contributed by atoms with Crippen molar-refractivity contribution in [1.82, 2.24) is 15.6 Å². The average Bonchev–Trinajstić information content (AvgIpc) is 2.82. The van der Waals surface area contributed by atoms with Crippen LogP contribution < -0.4 is 10.6 Å². The lowest BCUT2D eigenvalue weighted by Crippen LogP contribution is -2.45. The summed E-state index contributed by atoms with van der Waals surface area (Å²) in [7, 11) is 1.34. The minimum atomic E-state index is -1.11. The molecule has 0 aliphatic carbocycles. The highest BCUT2D eigenvalue weighted by molar-refractivity contribution is 6.32. The van der Waals surface area contributed by atoms with Gasteiger partial charge in [0.25, 0.3) is 0 Å². The topological polar surface area (TPSA) is 83.5 Å². The van der Waals surface area contributed by atoms with E-state index in [0.29, 0.717) is 30.5 Å². The summed E-state index contributed by atoms with van der Waals surface area (Å²) in [5.41, 5.74) is 2.63. The molecule has 0 saturated carbocycles. The zero-order valence-corrected chi connectivity index (χ0v) is 19.9. The molecule has 1 amide bonds. The number of rotatable bonds is 8. The van der Waals surface area contributed by atoms with Gasteiger partial charge in [-0.25, -0.2) is 9.78 Å². The second-order valence-electron chi connectivity index (χ2n) is 8.79. The van der Waals surface area contributed by atoms with Crippen LogP contribution in [0.4, 0.5) is 4.79 Å². The largest absolute Gasteiger partial charge is 0.453 e. The van der Waals surface area contributed by atoms with E-state index < -0.39 is 11.7 Å². The van der Waals surface area contributed by atoms with Crippen molar-refractivity contribution in [1.29, 1.82) is 0 Å². The normalized spacial score (nSPS) is 18.2. The van der Waals surface area contributed by atoms with Crippen molar-refractivity contribution in [2.24, 2.45) is 5.92 Å². The average molecular weight is 460 g/mol. The Kier molecular flexibility index (Phi) is 8.51. The summed E-state index contributed by atoms with van der Waals surface area (Å²) in [6, 6.07) is 10.2. The Balaban J connectivity index is 2.01. The van der Waals surface area contributed by atoms with Gasteiger partial charge in [-0.3, -0.25) is 0 Å². The number of alkyl carbamates (subject to hydrolysis) is 1. The Bertz CT molecular complexity index is 915. The predicted molar refractivity (Wildman–Crippen MR) is 128 cm³/mol. The molecular weight excluding hydrogens is 426 g/mol. The molecule has 3 N–H and O–H groups in total. The lowest BCUT2D eigenvalue weighted by atomic mass is 9.73. The highest BCUT2D eigenvalue weighted by Crippen LogP contribution is 2.44. The molecule has 1 saturated heterocycles. The Morgan fingerprint density at radius 1 is 1.41 bits per heavy atom. The van der Waals surface area contributed by atoms with Crippen LogP contribution in [0.25, 0.3) is 11.1 Å². The molecule has 3 rings (SSSR count). The molecule has 2 aromatic rings. The van der Waals surface area contributed by atoms with E-state index in [9.17, 15) is 9.90 Å².